The fraction of sp³-hybridized carbons (Fsp3) is 0.150. The molecule has 7 nitrogen and oxygen atoms in total. The molecule has 5 rings (SSSR count). The van der Waals surface area contributed by atoms with Gasteiger partial charge in [0.1, 0.15) is 6.61 Å². The Labute approximate surface area is 173 Å². The van der Waals surface area contributed by atoms with E-state index < -0.39 is 6.10 Å². The predicted octanol–water partition coefficient (Wildman–Crippen LogP) is 3.98. The number of hydrogen-bond acceptors (Lipinski definition) is 8. The number of hydrogen-bond donors (Lipinski definition) is 1. The SMILES string of the molecule is O=C(NCc1ccc(-c2nc(-c3cccs3)no2)s1)C1COc2ccccc2O1. The van der Waals surface area contributed by atoms with Gasteiger partial charge < -0.3 is 19.3 Å². The number of para-hydroxylation sites is 2. The number of amides is 1. The monoisotopic (exact) mass is 425 g/mol. The average molecular weight is 425 g/mol. The lowest BCUT2D eigenvalue weighted by Crippen LogP contribution is -2.43. The van der Waals surface area contributed by atoms with Gasteiger partial charge in [-0.05, 0) is 35.7 Å². The molecule has 1 unspecified atom stereocenters. The summed E-state index contributed by atoms with van der Waals surface area (Å²) in [5.41, 5.74) is 0. The smallest absolute Gasteiger partial charge is 0.268 e. The van der Waals surface area contributed by atoms with Crippen LogP contribution in [0.5, 0.6) is 11.5 Å². The quantitative estimate of drug-likeness (QED) is 0.520. The highest BCUT2D eigenvalue weighted by molar-refractivity contribution is 7.15. The molecule has 0 aliphatic carbocycles. The van der Waals surface area contributed by atoms with Crippen LogP contribution in [0.15, 0.2) is 58.4 Å². The van der Waals surface area contributed by atoms with Gasteiger partial charge >= 0.3 is 0 Å². The van der Waals surface area contributed by atoms with Gasteiger partial charge in [0.25, 0.3) is 11.8 Å². The van der Waals surface area contributed by atoms with Gasteiger partial charge in [-0.3, -0.25) is 4.79 Å². The third-order valence-corrected chi connectivity index (χ3v) is 6.22. The van der Waals surface area contributed by atoms with Gasteiger partial charge in [-0.25, -0.2) is 0 Å². The summed E-state index contributed by atoms with van der Waals surface area (Å²) in [6.45, 7) is 0.572. The summed E-state index contributed by atoms with van der Waals surface area (Å²) in [4.78, 5) is 19.7. The molecule has 4 aromatic rings. The predicted molar refractivity (Wildman–Crippen MR) is 109 cm³/mol. The molecule has 0 saturated carbocycles. The Morgan fingerprint density at radius 1 is 1.10 bits per heavy atom. The summed E-state index contributed by atoms with van der Waals surface area (Å²) in [6.07, 6.45) is -0.673. The molecule has 1 atom stereocenters. The molecule has 146 valence electrons. The molecule has 3 aromatic heterocycles. The van der Waals surface area contributed by atoms with E-state index in [0.717, 1.165) is 14.6 Å². The first-order valence-corrected chi connectivity index (χ1v) is 10.6. The number of benzene rings is 1. The maximum Gasteiger partial charge on any atom is 0.268 e. The Bertz CT molecular complexity index is 1140. The maximum absolute atomic E-state index is 12.4. The second kappa shape index (κ2) is 7.69. The summed E-state index contributed by atoms with van der Waals surface area (Å²) < 4.78 is 16.7. The number of nitrogens with one attached hydrogen (secondary N) is 1. The number of thiophene rings is 2. The minimum atomic E-state index is -0.673. The van der Waals surface area contributed by atoms with Crippen LogP contribution < -0.4 is 14.8 Å². The van der Waals surface area contributed by atoms with Crippen molar-refractivity contribution in [2.24, 2.45) is 0 Å². The Kier molecular flexibility index (Phi) is 4.74. The molecule has 29 heavy (non-hydrogen) atoms. The van der Waals surface area contributed by atoms with Crippen molar-refractivity contribution in [1.82, 2.24) is 15.5 Å². The lowest BCUT2D eigenvalue weighted by atomic mass is 10.2. The summed E-state index contributed by atoms with van der Waals surface area (Å²) in [5.74, 6) is 2.06. The van der Waals surface area contributed by atoms with E-state index in [0.29, 0.717) is 29.8 Å². The van der Waals surface area contributed by atoms with Crippen molar-refractivity contribution in [3.63, 3.8) is 0 Å². The average Bonchev–Trinajstić information content (AvgIpc) is 3.52. The molecular weight excluding hydrogens is 410 g/mol. The first kappa shape index (κ1) is 17.9. The van der Waals surface area contributed by atoms with Crippen LogP contribution in [0.4, 0.5) is 0 Å². The molecular formula is C20H15N3O4S2. The third kappa shape index (κ3) is 3.74. The molecule has 0 spiro atoms. The largest absolute Gasteiger partial charge is 0.485 e. The van der Waals surface area contributed by atoms with Gasteiger partial charge in [-0.15, -0.1) is 22.7 Å². The van der Waals surface area contributed by atoms with Crippen molar-refractivity contribution in [2.45, 2.75) is 12.6 Å². The van der Waals surface area contributed by atoms with Crippen LogP contribution in [0.1, 0.15) is 4.88 Å². The van der Waals surface area contributed by atoms with Gasteiger partial charge in [0.05, 0.1) is 16.3 Å². The summed E-state index contributed by atoms with van der Waals surface area (Å²) in [6, 6.07) is 15.1. The Morgan fingerprint density at radius 3 is 2.86 bits per heavy atom. The number of aromatic nitrogens is 2. The molecule has 1 aliphatic rings. The van der Waals surface area contributed by atoms with Gasteiger partial charge in [0.2, 0.25) is 11.9 Å². The maximum atomic E-state index is 12.4. The Balaban J connectivity index is 1.20. The number of carbonyl (C=O) groups excluding carboxylic acids is 1. The van der Waals surface area contributed by atoms with Crippen molar-refractivity contribution in [3.8, 4) is 33.0 Å². The normalized spacial score (nSPS) is 15.2. The Hall–Kier alpha value is -3.17. The summed E-state index contributed by atoms with van der Waals surface area (Å²) in [5, 5.41) is 8.89. The molecule has 4 heterocycles. The van der Waals surface area contributed by atoms with Gasteiger partial charge in [-0.2, -0.15) is 4.98 Å². The molecule has 1 aliphatic heterocycles. The van der Waals surface area contributed by atoms with Crippen LogP contribution in [0, 0.1) is 0 Å². The van der Waals surface area contributed by atoms with Gasteiger partial charge in [0, 0.05) is 4.88 Å². The van der Waals surface area contributed by atoms with Crippen molar-refractivity contribution in [2.75, 3.05) is 6.61 Å². The van der Waals surface area contributed by atoms with E-state index in [2.05, 4.69) is 15.5 Å². The van der Waals surface area contributed by atoms with Crippen molar-refractivity contribution < 1.29 is 18.8 Å². The number of rotatable bonds is 5. The van der Waals surface area contributed by atoms with E-state index in [1.54, 1.807) is 17.4 Å². The molecule has 0 fully saturated rings. The zero-order valence-corrected chi connectivity index (χ0v) is 16.7. The highest BCUT2D eigenvalue weighted by atomic mass is 32.1. The highest BCUT2D eigenvalue weighted by Gasteiger charge is 2.27. The standard InChI is InChI=1S/C20H15N3O4S2/c24-19(15-11-25-13-4-1-2-5-14(13)26-15)21-10-12-7-8-17(29-12)20-22-18(23-27-20)16-6-3-9-28-16/h1-9,15H,10-11H2,(H,21,24). The van der Waals surface area contributed by atoms with E-state index in [-0.39, 0.29) is 12.5 Å². The van der Waals surface area contributed by atoms with Crippen LogP contribution >= 0.6 is 22.7 Å². The molecule has 1 amide bonds. The molecule has 0 saturated heterocycles. The topological polar surface area (TPSA) is 86.5 Å². The first-order chi connectivity index (χ1) is 14.3. The number of nitrogens with zero attached hydrogens (tertiary/aromatic N) is 2. The molecule has 0 radical (unpaired) electrons. The molecule has 1 aromatic carbocycles. The fourth-order valence-corrected chi connectivity index (χ4v) is 4.37. The van der Waals surface area contributed by atoms with E-state index >= 15 is 0 Å². The lowest BCUT2D eigenvalue weighted by Gasteiger charge is -2.25. The van der Waals surface area contributed by atoms with E-state index in [4.69, 9.17) is 14.0 Å². The second-order valence-electron chi connectivity index (χ2n) is 6.25. The van der Waals surface area contributed by atoms with Crippen LogP contribution in [-0.2, 0) is 11.3 Å². The zero-order chi connectivity index (χ0) is 19.6. The Morgan fingerprint density at radius 2 is 2.00 bits per heavy atom. The van der Waals surface area contributed by atoms with Crippen molar-refractivity contribution >= 4 is 28.6 Å². The number of carbonyl (C=O) groups is 1. The lowest BCUT2D eigenvalue weighted by molar-refractivity contribution is -0.130. The van der Waals surface area contributed by atoms with E-state index in [1.165, 1.54) is 11.3 Å². The number of ether oxygens (including phenoxy) is 2. The van der Waals surface area contributed by atoms with Gasteiger partial charge in [0.15, 0.2) is 11.5 Å². The van der Waals surface area contributed by atoms with Crippen LogP contribution in [-0.4, -0.2) is 28.8 Å². The molecule has 9 heteroatoms. The molecule has 0 bridgehead atoms. The third-order valence-electron chi connectivity index (χ3n) is 4.28. The van der Waals surface area contributed by atoms with Crippen LogP contribution in [0.3, 0.4) is 0 Å². The number of fused-ring (bicyclic) bond motifs is 1. The van der Waals surface area contributed by atoms with Crippen molar-refractivity contribution in [3.05, 3.63) is 58.8 Å². The van der Waals surface area contributed by atoms with Crippen molar-refractivity contribution in [1.29, 1.82) is 0 Å². The minimum Gasteiger partial charge on any atom is -0.485 e. The van der Waals surface area contributed by atoms with Crippen LogP contribution in [0.2, 0.25) is 0 Å². The fourth-order valence-electron chi connectivity index (χ4n) is 2.85. The van der Waals surface area contributed by atoms with E-state index in [9.17, 15) is 4.79 Å². The van der Waals surface area contributed by atoms with Crippen LogP contribution in [0.25, 0.3) is 21.5 Å². The van der Waals surface area contributed by atoms with Gasteiger partial charge in [-0.1, -0.05) is 23.4 Å². The first-order valence-electron chi connectivity index (χ1n) is 8.89. The summed E-state index contributed by atoms with van der Waals surface area (Å²) >= 11 is 3.05. The second-order valence-corrected chi connectivity index (χ2v) is 8.36. The summed E-state index contributed by atoms with van der Waals surface area (Å²) in [7, 11) is 0. The highest BCUT2D eigenvalue weighted by Crippen LogP contribution is 2.32. The molecule has 1 N–H and O–H groups in total. The van der Waals surface area contributed by atoms with E-state index in [1.807, 2.05) is 47.8 Å². The zero-order valence-electron chi connectivity index (χ0n) is 15.0. The minimum absolute atomic E-state index is 0.187.